The van der Waals surface area contributed by atoms with Crippen molar-refractivity contribution in [3.8, 4) is 33.4 Å². The Morgan fingerprint density at radius 1 is 0.327 bits per heavy atom. The lowest BCUT2D eigenvalue weighted by molar-refractivity contribution is 0.669. The summed E-state index contributed by atoms with van der Waals surface area (Å²) in [7, 11) is 0. The summed E-state index contributed by atoms with van der Waals surface area (Å²) in [5.74, 6) is 0. The largest absolute Gasteiger partial charge is 0.456 e. The standard InChI is InChI=1S/C50H33NO/c1-4-14-34(15-5-1)40-29-30-47(43-21-11-10-20-42(40)43)51(38-18-8-3-9-19-38)39-27-28-41(45(33-39)35-16-6-2-7-17-35)37-25-24-36-26-31-49-50(46(36)32-37)44-22-12-13-23-48(44)52-49/h1-33H. The molecule has 244 valence electrons. The predicted molar refractivity (Wildman–Crippen MR) is 220 cm³/mol. The summed E-state index contributed by atoms with van der Waals surface area (Å²) in [4.78, 5) is 2.40. The lowest BCUT2D eigenvalue weighted by Crippen LogP contribution is -2.11. The second-order valence-corrected chi connectivity index (χ2v) is 13.3. The molecule has 2 heteroatoms. The van der Waals surface area contributed by atoms with Crippen molar-refractivity contribution in [2.75, 3.05) is 4.90 Å². The lowest BCUT2D eigenvalue weighted by atomic mass is 9.91. The van der Waals surface area contributed by atoms with Gasteiger partial charge >= 0.3 is 0 Å². The van der Waals surface area contributed by atoms with Gasteiger partial charge < -0.3 is 9.32 Å². The van der Waals surface area contributed by atoms with E-state index in [9.17, 15) is 0 Å². The number of furan rings is 1. The van der Waals surface area contributed by atoms with Gasteiger partial charge in [0, 0.05) is 27.5 Å². The minimum Gasteiger partial charge on any atom is -0.456 e. The molecule has 0 atom stereocenters. The normalized spacial score (nSPS) is 11.5. The molecule has 1 aromatic heterocycles. The summed E-state index contributed by atoms with van der Waals surface area (Å²) in [5, 5.41) is 7.11. The van der Waals surface area contributed by atoms with Gasteiger partial charge in [-0.25, -0.2) is 0 Å². The highest BCUT2D eigenvalue weighted by molar-refractivity contribution is 6.19. The highest BCUT2D eigenvalue weighted by atomic mass is 16.3. The molecule has 0 spiro atoms. The topological polar surface area (TPSA) is 16.4 Å². The number of fused-ring (bicyclic) bond motifs is 6. The van der Waals surface area contributed by atoms with Crippen molar-refractivity contribution in [2.45, 2.75) is 0 Å². The minimum absolute atomic E-state index is 0.911. The zero-order valence-corrected chi connectivity index (χ0v) is 28.4. The van der Waals surface area contributed by atoms with Crippen LogP contribution in [0, 0.1) is 0 Å². The molecule has 0 aliphatic heterocycles. The van der Waals surface area contributed by atoms with E-state index in [-0.39, 0.29) is 0 Å². The predicted octanol–water partition coefficient (Wildman–Crippen LogP) is 14.4. The third-order valence-corrected chi connectivity index (χ3v) is 10.3. The molecule has 10 aromatic rings. The Balaban J connectivity index is 1.19. The van der Waals surface area contributed by atoms with Crippen LogP contribution in [0.25, 0.3) is 76.9 Å². The average molecular weight is 664 g/mol. The van der Waals surface area contributed by atoms with Gasteiger partial charge in [-0.2, -0.15) is 0 Å². The fourth-order valence-corrected chi connectivity index (χ4v) is 7.84. The summed E-state index contributed by atoms with van der Waals surface area (Å²) < 4.78 is 6.28. The van der Waals surface area contributed by atoms with Crippen LogP contribution in [0.1, 0.15) is 0 Å². The Labute approximate surface area is 302 Å². The third kappa shape index (κ3) is 5.04. The molecule has 1 heterocycles. The number of benzene rings is 9. The average Bonchev–Trinajstić information content (AvgIpc) is 3.61. The lowest BCUT2D eigenvalue weighted by Gasteiger charge is -2.28. The Morgan fingerprint density at radius 2 is 0.942 bits per heavy atom. The SMILES string of the molecule is c1ccc(-c2cc(N(c3ccccc3)c3ccc(-c4ccccc4)c4ccccc34)ccc2-c2ccc3ccc4oc5ccccc5c4c3c2)cc1. The fourth-order valence-electron chi connectivity index (χ4n) is 7.84. The highest BCUT2D eigenvalue weighted by Gasteiger charge is 2.20. The van der Waals surface area contributed by atoms with Crippen LogP contribution < -0.4 is 4.90 Å². The van der Waals surface area contributed by atoms with Crippen LogP contribution in [0.5, 0.6) is 0 Å². The molecule has 0 aliphatic carbocycles. The fraction of sp³-hybridized carbons (Fsp3) is 0. The molecule has 0 amide bonds. The molecular formula is C50H33NO. The molecule has 10 rings (SSSR count). The number of hydrogen-bond acceptors (Lipinski definition) is 2. The Kier molecular flexibility index (Phi) is 7.18. The van der Waals surface area contributed by atoms with E-state index >= 15 is 0 Å². The zero-order valence-electron chi connectivity index (χ0n) is 28.4. The maximum absolute atomic E-state index is 6.28. The maximum Gasteiger partial charge on any atom is 0.136 e. The van der Waals surface area contributed by atoms with E-state index in [0.29, 0.717) is 0 Å². The van der Waals surface area contributed by atoms with Gasteiger partial charge in [-0.1, -0.05) is 152 Å². The quantitative estimate of drug-likeness (QED) is 0.176. The van der Waals surface area contributed by atoms with Gasteiger partial charge in [-0.3, -0.25) is 0 Å². The second-order valence-electron chi connectivity index (χ2n) is 13.3. The number of anilines is 3. The van der Waals surface area contributed by atoms with Gasteiger partial charge in [-0.15, -0.1) is 0 Å². The summed E-state index contributed by atoms with van der Waals surface area (Å²) in [6.45, 7) is 0. The van der Waals surface area contributed by atoms with Gasteiger partial charge in [0.15, 0.2) is 0 Å². The van der Waals surface area contributed by atoms with Crippen LogP contribution >= 0.6 is 0 Å². The van der Waals surface area contributed by atoms with Crippen molar-refractivity contribution >= 4 is 60.5 Å². The zero-order chi connectivity index (χ0) is 34.4. The van der Waals surface area contributed by atoms with E-state index in [1.165, 1.54) is 54.9 Å². The first-order valence-electron chi connectivity index (χ1n) is 17.8. The molecule has 0 aliphatic rings. The van der Waals surface area contributed by atoms with Crippen molar-refractivity contribution in [1.29, 1.82) is 0 Å². The van der Waals surface area contributed by atoms with Crippen molar-refractivity contribution in [1.82, 2.24) is 0 Å². The van der Waals surface area contributed by atoms with Crippen LogP contribution in [0.4, 0.5) is 17.1 Å². The van der Waals surface area contributed by atoms with Crippen LogP contribution in [0.15, 0.2) is 205 Å². The molecule has 52 heavy (non-hydrogen) atoms. The number of hydrogen-bond donors (Lipinski definition) is 0. The van der Waals surface area contributed by atoms with Gasteiger partial charge in [0.1, 0.15) is 11.2 Å². The Bertz CT molecular complexity index is 2890. The smallest absolute Gasteiger partial charge is 0.136 e. The number of rotatable bonds is 6. The number of nitrogens with zero attached hydrogens (tertiary/aromatic N) is 1. The molecule has 0 saturated heterocycles. The van der Waals surface area contributed by atoms with E-state index in [1.807, 2.05) is 12.1 Å². The van der Waals surface area contributed by atoms with Crippen molar-refractivity contribution in [2.24, 2.45) is 0 Å². The molecule has 9 aromatic carbocycles. The van der Waals surface area contributed by atoms with Gasteiger partial charge in [-0.05, 0) is 98.1 Å². The molecule has 0 N–H and O–H groups in total. The highest BCUT2D eigenvalue weighted by Crippen LogP contribution is 2.45. The van der Waals surface area contributed by atoms with Crippen LogP contribution in [-0.2, 0) is 0 Å². The minimum atomic E-state index is 0.911. The Hall–Kier alpha value is -6.90. The molecule has 0 unspecified atom stereocenters. The van der Waals surface area contributed by atoms with Gasteiger partial charge in [0.25, 0.3) is 0 Å². The summed E-state index contributed by atoms with van der Waals surface area (Å²) in [5.41, 5.74) is 12.3. The van der Waals surface area contributed by atoms with E-state index < -0.39 is 0 Å². The molecular weight excluding hydrogens is 631 g/mol. The van der Waals surface area contributed by atoms with Crippen molar-refractivity contribution in [3.63, 3.8) is 0 Å². The van der Waals surface area contributed by atoms with E-state index in [0.717, 1.165) is 39.0 Å². The van der Waals surface area contributed by atoms with Crippen molar-refractivity contribution < 1.29 is 4.42 Å². The van der Waals surface area contributed by atoms with E-state index in [1.54, 1.807) is 0 Å². The Morgan fingerprint density at radius 3 is 1.71 bits per heavy atom. The molecule has 0 saturated carbocycles. The number of para-hydroxylation sites is 2. The van der Waals surface area contributed by atoms with Gasteiger partial charge in [0.05, 0.1) is 5.69 Å². The van der Waals surface area contributed by atoms with E-state index in [2.05, 4.69) is 193 Å². The van der Waals surface area contributed by atoms with Crippen LogP contribution in [0.2, 0.25) is 0 Å². The molecule has 0 fully saturated rings. The maximum atomic E-state index is 6.28. The molecule has 0 radical (unpaired) electrons. The summed E-state index contributed by atoms with van der Waals surface area (Å²) in [6.07, 6.45) is 0. The monoisotopic (exact) mass is 663 g/mol. The van der Waals surface area contributed by atoms with Crippen molar-refractivity contribution in [3.05, 3.63) is 200 Å². The first-order valence-corrected chi connectivity index (χ1v) is 17.8. The summed E-state index contributed by atoms with van der Waals surface area (Å²) >= 11 is 0. The van der Waals surface area contributed by atoms with Crippen LogP contribution in [-0.4, -0.2) is 0 Å². The summed E-state index contributed by atoms with van der Waals surface area (Å²) in [6, 6.07) is 71.8. The van der Waals surface area contributed by atoms with Gasteiger partial charge in [0.2, 0.25) is 0 Å². The first kappa shape index (κ1) is 30.0. The second kappa shape index (κ2) is 12.5. The third-order valence-electron chi connectivity index (χ3n) is 10.3. The molecule has 0 bridgehead atoms. The van der Waals surface area contributed by atoms with Crippen LogP contribution in [0.3, 0.4) is 0 Å². The first-order chi connectivity index (χ1) is 25.8. The molecule has 2 nitrogen and oxygen atoms in total. The van der Waals surface area contributed by atoms with E-state index in [4.69, 9.17) is 4.42 Å².